The first-order chi connectivity index (χ1) is 11.7. The molecular weight excluding hydrogens is 334 g/mol. The first-order valence-electron chi connectivity index (χ1n) is 7.72. The van der Waals surface area contributed by atoms with E-state index in [0.717, 1.165) is 0 Å². The van der Waals surface area contributed by atoms with E-state index in [1.54, 1.807) is 0 Å². The number of aliphatic hydroxyl groups is 8. The lowest BCUT2D eigenvalue weighted by molar-refractivity contribution is -0.382. The molecule has 2 fully saturated rings. The summed E-state index contributed by atoms with van der Waals surface area (Å²) in [6.07, 6.45) is -15.0. The van der Waals surface area contributed by atoms with Crippen molar-refractivity contribution in [2.24, 2.45) is 5.73 Å². The van der Waals surface area contributed by atoms with Crippen molar-refractivity contribution >= 4 is 0 Å². The molecule has 12 heteroatoms. The lowest BCUT2D eigenvalue weighted by atomic mass is 9.95. The molecule has 10 N–H and O–H groups in total. The van der Waals surface area contributed by atoms with Gasteiger partial charge in [-0.2, -0.15) is 0 Å². The molecule has 24 heavy (non-hydrogen) atoms. The van der Waals surface area contributed by atoms with E-state index in [-0.39, 0.29) is 0 Å². The van der Waals surface area contributed by atoms with Crippen molar-refractivity contribution in [1.29, 1.82) is 0 Å². The standard InChI is InChI=1S/C12H23NO11/c13-12(21)10(20)8(19)9(4(2-15)24-12)23-11-7(18)6(17)5(16)3(1-14)22-11/h3-11,14-21H,1-2,13H2/t3-,4-,5+,6+,7-,8+,9-,10-,11+,12?/m1/s1/i/hD. The number of rotatable bonds is 5. The summed E-state index contributed by atoms with van der Waals surface area (Å²) in [5.74, 6) is -2.68. The molecule has 0 aromatic carbocycles. The second-order valence-electron chi connectivity index (χ2n) is 5.77. The topological polar surface area (TPSA) is 216 Å². The largest absolute Gasteiger partial charge is 0.394 e. The Labute approximate surface area is 137 Å². The minimum atomic E-state index is -2.68. The molecule has 10 atom stereocenters. The molecule has 0 aliphatic carbocycles. The second kappa shape index (κ2) is 7.41. The van der Waals surface area contributed by atoms with Crippen LogP contribution in [-0.4, -0.2) is 115 Å². The van der Waals surface area contributed by atoms with Crippen LogP contribution in [0.2, 0.25) is 1.41 Å². The molecule has 142 valence electrons. The maximum absolute atomic E-state index is 10.1. The van der Waals surface area contributed by atoms with Gasteiger partial charge in [-0.15, -0.1) is 0 Å². The molecule has 2 saturated heterocycles. The maximum atomic E-state index is 10.1. The van der Waals surface area contributed by atoms with Gasteiger partial charge in [-0.05, 0) is 0 Å². The molecule has 0 saturated carbocycles. The number of nitrogens with two attached hydrogens (primary N) is 1. The highest BCUT2D eigenvalue weighted by Gasteiger charge is 2.54. The molecule has 0 bridgehead atoms. The zero-order valence-corrected chi connectivity index (χ0v) is 12.4. The monoisotopic (exact) mass is 358 g/mol. The number of ether oxygens (including phenoxy) is 3. The summed E-state index contributed by atoms with van der Waals surface area (Å²) < 4.78 is 22.3. The smallest absolute Gasteiger partial charge is 0.252 e. The third kappa shape index (κ3) is 3.55. The van der Waals surface area contributed by atoms with E-state index in [1.807, 2.05) is 0 Å². The number of aliphatic hydroxyl groups excluding tert-OH is 7. The second-order valence-corrected chi connectivity index (χ2v) is 5.77. The van der Waals surface area contributed by atoms with Crippen LogP contribution in [0.3, 0.4) is 0 Å². The Bertz CT molecular complexity index is 443. The Hall–Kier alpha value is -0.480. The predicted octanol–water partition coefficient (Wildman–Crippen LogP) is -6.11. The van der Waals surface area contributed by atoms with E-state index in [0.29, 0.717) is 0 Å². The first kappa shape index (κ1) is 18.3. The SMILES string of the molecule is [2H]NC1(O)O[C@H](CO)[C@@H](O[C@@H]2O[C@H](CO)[C@H](O)[C@H](O)[C@H]2O)[C@H](O)[C@H]1O. The van der Waals surface area contributed by atoms with Crippen LogP contribution in [0.5, 0.6) is 0 Å². The summed E-state index contributed by atoms with van der Waals surface area (Å²) in [5.41, 5.74) is 1.51. The van der Waals surface area contributed by atoms with Crippen molar-refractivity contribution < 1.29 is 56.5 Å². The molecule has 1 unspecified atom stereocenters. The van der Waals surface area contributed by atoms with E-state index in [2.05, 4.69) is 0 Å². The lowest BCUT2D eigenvalue weighted by Gasteiger charge is -2.47. The minimum Gasteiger partial charge on any atom is -0.394 e. The average molecular weight is 358 g/mol. The highest BCUT2D eigenvalue weighted by molar-refractivity contribution is 4.96. The molecule has 0 amide bonds. The van der Waals surface area contributed by atoms with Gasteiger partial charge >= 0.3 is 0 Å². The van der Waals surface area contributed by atoms with Gasteiger partial charge in [-0.3, -0.25) is 5.73 Å². The van der Waals surface area contributed by atoms with Crippen LogP contribution < -0.4 is 5.73 Å². The number of hydrogen-bond donors (Lipinski definition) is 9. The van der Waals surface area contributed by atoms with Crippen LogP contribution >= 0.6 is 0 Å². The zero-order valence-electron chi connectivity index (χ0n) is 13.4. The molecule has 2 rings (SSSR count). The summed E-state index contributed by atoms with van der Waals surface area (Å²) in [6.45, 7) is -1.51. The normalized spacial score (nSPS) is 53.7. The molecule has 0 aromatic heterocycles. The molecule has 0 aromatic rings. The Morgan fingerprint density at radius 3 is 2.12 bits per heavy atom. The van der Waals surface area contributed by atoms with Crippen molar-refractivity contribution in [3.8, 4) is 0 Å². The van der Waals surface area contributed by atoms with Crippen molar-refractivity contribution in [2.45, 2.75) is 61.0 Å². The fraction of sp³-hybridized carbons (Fsp3) is 1.00. The van der Waals surface area contributed by atoms with E-state index in [4.69, 9.17) is 20.7 Å². The molecule has 0 radical (unpaired) electrons. The van der Waals surface area contributed by atoms with Gasteiger partial charge in [-0.25, -0.2) is 0 Å². The van der Waals surface area contributed by atoms with Crippen molar-refractivity contribution in [3.05, 3.63) is 0 Å². The summed E-state index contributed by atoms with van der Waals surface area (Å²) in [5, 5.41) is 77.7. The Morgan fingerprint density at radius 1 is 0.958 bits per heavy atom. The molecule has 2 aliphatic rings. The van der Waals surface area contributed by atoms with Crippen molar-refractivity contribution in [3.63, 3.8) is 0 Å². The fourth-order valence-electron chi connectivity index (χ4n) is 2.64. The summed E-state index contributed by atoms with van der Waals surface area (Å²) >= 11 is 0. The Morgan fingerprint density at radius 2 is 1.58 bits per heavy atom. The van der Waals surface area contributed by atoms with Gasteiger partial charge in [0.15, 0.2) is 12.4 Å². The van der Waals surface area contributed by atoms with E-state index in [1.165, 1.54) is 5.73 Å². The van der Waals surface area contributed by atoms with Crippen LogP contribution in [0.15, 0.2) is 0 Å². The van der Waals surface area contributed by atoms with Gasteiger partial charge in [0.1, 0.15) is 44.1 Å². The van der Waals surface area contributed by atoms with Crippen LogP contribution in [0.25, 0.3) is 0 Å². The molecular formula is C12H23NO11. The summed E-state index contributed by atoms with van der Waals surface area (Å²) in [4.78, 5) is 0. The zero-order chi connectivity index (χ0) is 18.9. The highest BCUT2D eigenvalue weighted by Crippen LogP contribution is 2.30. The quantitative estimate of drug-likeness (QED) is 0.210. The highest BCUT2D eigenvalue weighted by atomic mass is 16.7. The van der Waals surface area contributed by atoms with Crippen LogP contribution in [0.4, 0.5) is 0 Å². The van der Waals surface area contributed by atoms with Crippen molar-refractivity contribution in [2.75, 3.05) is 13.2 Å². The Kier molecular flexibility index (Phi) is 5.65. The van der Waals surface area contributed by atoms with Crippen LogP contribution in [-0.2, 0) is 14.2 Å². The van der Waals surface area contributed by atoms with Crippen molar-refractivity contribution in [1.82, 2.24) is 0 Å². The van der Waals surface area contributed by atoms with E-state index in [9.17, 15) is 35.7 Å². The third-order valence-corrected chi connectivity index (χ3v) is 4.08. The lowest BCUT2D eigenvalue weighted by Crippen LogP contribution is -2.70. The summed E-state index contributed by atoms with van der Waals surface area (Å²) in [6, 6.07) is 0. The van der Waals surface area contributed by atoms with E-state index >= 15 is 0 Å². The maximum Gasteiger partial charge on any atom is 0.252 e. The van der Waals surface area contributed by atoms with Gasteiger partial charge in [0, 0.05) is 0 Å². The van der Waals surface area contributed by atoms with Crippen LogP contribution in [0, 0.1) is 0 Å². The van der Waals surface area contributed by atoms with Crippen LogP contribution in [0.1, 0.15) is 0 Å². The van der Waals surface area contributed by atoms with E-state index < -0.39 is 74.2 Å². The average Bonchev–Trinajstić information content (AvgIpc) is 2.61. The number of hydrogen-bond acceptors (Lipinski definition) is 12. The third-order valence-electron chi connectivity index (χ3n) is 4.08. The fourth-order valence-corrected chi connectivity index (χ4v) is 2.64. The minimum absolute atomic E-state index is 0.705. The Balaban J connectivity index is 2.17. The molecule has 0 spiro atoms. The van der Waals surface area contributed by atoms with Gasteiger partial charge < -0.3 is 55.1 Å². The van der Waals surface area contributed by atoms with Gasteiger partial charge in [0.2, 0.25) is 0 Å². The molecule has 2 heterocycles. The predicted molar refractivity (Wildman–Crippen MR) is 71.7 cm³/mol. The van der Waals surface area contributed by atoms with Gasteiger partial charge in [0.05, 0.1) is 13.2 Å². The molecule has 12 nitrogen and oxygen atoms in total. The van der Waals surface area contributed by atoms with Gasteiger partial charge in [-0.1, -0.05) is 0 Å². The van der Waals surface area contributed by atoms with Gasteiger partial charge in [0.25, 0.3) is 5.91 Å². The first-order valence-corrected chi connectivity index (χ1v) is 7.22. The molecule has 2 aliphatic heterocycles. The summed E-state index contributed by atoms with van der Waals surface area (Å²) in [7, 11) is 0.